The Morgan fingerprint density at radius 1 is 0.909 bits per heavy atom. The first kappa shape index (κ1) is 13.1. The van der Waals surface area contributed by atoms with E-state index in [-0.39, 0.29) is 0 Å². The monoisotopic (exact) mass is 288 g/mol. The lowest BCUT2D eigenvalue weighted by atomic mass is 9.96. The molecule has 2 heteroatoms. The van der Waals surface area contributed by atoms with Crippen molar-refractivity contribution in [3.05, 3.63) is 65.9 Å². The number of furan rings is 1. The van der Waals surface area contributed by atoms with Crippen molar-refractivity contribution in [2.75, 3.05) is 0 Å². The predicted octanol–water partition coefficient (Wildman–Crippen LogP) is 4.69. The molecule has 0 saturated carbocycles. The number of rotatable bonds is 1. The molecule has 0 unspecified atom stereocenters. The number of aryl methyl sites for hydroxylation is 2. The molecule has 0 atom stereocenters. The molecule has 0 N–H and O–H groups in total. The number of hydrogen-bond acceptors (Lipinski definition) is 1. The van der Waals surface area contributed by atoms with Crippen LogP contribution in [0.25, 0.3) is 33.2 Å². The molecule has 0 aliphatic carbocycles. The summed E-state index contributed by atoms with van der Waals surface area (Å²) in [6.45, 7) is 4.34. The topological polar surface area (TPSA) is 17.0 Å². The van der Waals surface area contributed by atoms with Crippen LogP contribution in [0.4, 0.5) is 0 Å². The van der Waals surface area contributed by atoms with Crippen molar-refractivity contribution in [2.24, 2.45) is 7.05 Å². The van der Waals surface area contributed by atoms with E-state index in [0.717, 1.165) is 11.2 Å². The molecule has 0 fully saturated rings. The summed E-state index contributed by atoms with van der Waals surface area (Å²) in [7, 11) is 2.07. The van der Waals surface area contributed by atoms with Gasteiger partial charge in [0.15, 0.2) is 6.20 Å². The molecule has 2 aromatic heterocycles. The van der Waals surface area contributed by atoms with Crippen molar-refractivity contribution in [2.45, 2.75) is 13.8 Å². The summed E-state index contributed by atoms with van der Waals surface area (Å²) in [6, 6.07) is 16.8. The van der Waals surface area contributed by atoms with Gasteiger partial charge in [-0.25, -0.2) is 4.57 Å². The smallest absolute Gasteiger partial charge is 0.216 e. The Balaban J connectivity index is 2.22. The summed E-state index contributed by atoms with van der Waals surface area (Å²) >= 11 is 0. The average Bonchev–Trinajstić information content (AvgIpc) is 2.88. The van der Waals surface area contributed by atoms with Crippen molar-refractivity contribution in [1.82, 2.24) is 0 Å². The fraction of sp³-hybridized carbons (Fsp3) is 0.150. The summed E-state index contributed by atoms with van der Waals surface area (Å²) in [4.78, 5) is 0. The van der Waals surface area contributed by atoms with Gasteiger partial charge in [0.25, 0.3) is 0 Å². The maximum Gasteiger partial charge on any atom is 0.216 e. The van der Waals surface area contributed by atoms with Crippen LogP contribution in [-0.4, -0.2) is 0 Å². The van der Waals surface area contributed by atoms with Gasteiger partial charge in [-0.05, 0) is 43.2 Å². The second kappa shape index (κ2) is 4.70. The Hall–Kier alpha value is -2.61. The Labute approximate surface area is 129 Å². The first-order valence-electron chi connectivity index (χ1n) is 7.53. The molecule has 2 heterocycles. The lowest BCUT2D eigenvalue weighted by Crippen LogP contribution is -2.30. The van der Waals surface area contributed by atoms with Crippen LogP contribution in [0.3, 0.4) is 0 Å². The van der Waals surface area contributed by atoms with Gasteiger partial charge in [-0.2, -0.15) is 0 Å². The van der Waals surface area contributed by atoms with Crippen LogP contribution in [0.15, 0.2) is 59.1 Å². The van der Waals surface area contributed by atoms with Crippen LogP contribution in [-0.2, 0) is 7.05 Å². The van der Waals surface area contributed by atoms with E-state index in [0.29, 0.717) is 0 Å². The van der Waals surface area contributed by atoms with Crippen molar-refractivity contribution in [1.29, 1.82) is 0 Å². The van der Waals surface area contributed by atoms with E-state index in [9.17, 15) is 0 Å². The Bertz CT molecular complexity index is 1010. The standard InChI is InChI=1S/C20H18NO/c1-13-12-16-15-8-4-5-10-18(15)22-20(16)19(14(13)2)17-9-6-7-11-21(17)3/h4-12H,1-3H3/q+1. The normalized spacial score (nSPS) is 11.4. The van der Waals surface area contributed by atoms with Gasteiger partial charge in [-0.3, -0.25) is 0 Å². The van der Waals surface area contributed by atoms with Gasteiger partial charge in [0.05, 0.1) is 5.56 Å². The molecular formula is C20H18NO+. The number of aromatic nitrogens is 1. The summed E-state index contributed by atoms with van der Waals surface area (Å²) in [5.74, 6) is 0. The van der Waals surface area contributed by atoms with E-state index in [4.69, 9.17) is 4.42 Å². The number of fused-ring (bicyclic) bond motifs is 3. The maximum atomic E-state index is 6.22. The molecule has 22 heavy (non-hydrogen) atoms. The summed E-state index contributed by atoms with van der Waals surface area (Å²) in [5.41, 5.74) is 6.85. The van der Waals surface area contributed by atoms with Crippen LogP contribution in [0, 0.1) is 13.8 Å². The largest absolute Gasteiger partial charge is 0.455 e. The minimum Gasteiger partial charge on any atom is -0.455 e. The van der Waals surface area contributed by atoms with E-state index < -0.39 is 0 Å². The number of para-hydroxylation sites is 1. The van der Waals surface area contributed by atoms with Crippen LogP contribution < -0.4 is 4.57 Å². The third-order valence-corrected chi connectivity index (χ3v) is 4.50. The Kier molecular flexibility index (Phi) is 2.80. The van der Waals surface area contributed by atoms with Gasteiger partial charge in [0.2, 0.25) is 5.69 Å². The van der Waals surface area contributed by atoms with Gasteiger partial charge in [-0.15, -0.1) is 0 Å². The van der Waals surface area contributed by atoms with E-state index in [1.54, 1.807) is 0 Å². The molecule has 4 aromatic rings. The number of hydrogen-bond donors (Lipinski definition) is 0. The second-order valence-corrected chi connectivity index (χ2v) is 5.87. The highest BCUT2D eigenvalue weighted by Gasteiger charge is 2.21. The molecule has 0 aliphatic heterocycles. The zero-order valence-corrected chi connectivity index (χ0v) is 13.1. The van der Waals surface area contributed by atoms with E-state index in [1.807, 2.05) is 18.2 Å². The number of nitrogens with zero attached hydrogens (tertiary/aromatic N) is 1. The molecule has 0 amide bonds. The fourth-order valence-corrected chi connectivity index (χ4v) is 3.18. The van der Waals surface area contributed by atoms with Crippen molar-refractivity contribution < 1.29 is 8.98 Å². The first-order chi connectivity index (χ1) is 10.7. The third kappa shape index (κ3) is 1.77. The molecule has 0 saturated heterocycles. The first-order valence-corrected chi connectivity index (χ1v) is 7.53. The van der Waals surface area contributed by atoms with Crippen LogP contribution >= 0.6 is 0 Å². The van der Waals surface area contributed by atoms with E-state index in [2.05, 4.69) is 62.0 Å². The van der Waals surface area contributed by atoms with Gasteiger partial charge in [0.1, 0.15) is 18.2 Å². The molecule has 0 radical (unpaired) electrons. The molecule has 4 rings (SSSR count). The van der Waals surface area contributed by atoms with Gasteiger partial charge < -0.3 is 4.42 Å². The molecule has 0 spiro atoms. The predicted molar refractivity (Wildman–Crippen MR) is 89.8 cm³/mol. The molecule has 0 aliphatic rings. The third-order valence-electron chi connectivity index (χ3n) is 4.50. The van der Waals surface area contributed by atoms with Gasteiger partial charge in [-0.1, -0.05) is 18.2 Å². The average molecular weight is 288 g/mol. The number of pyridine rings is 1. The fourth-order valence-electron chi connectivity index (χ4n) is 3.18. The van der Waals surface area contributed by atoms with E-state index in [1.165, 1.54) is 33.2 Å². The highest BCUT2D eigenvalue weighted by molar-refractivity contribution is 6.10. The lowest BCUT2D eigenvalue weighted by Gasteiger charge is -2.08. The minimum absolute atomic E-state index is 0.947. The molecule has 2 nitrogen and oxygen atoms in total. The lowest BCUT2D eigenvalue weighted by molar-refractivity contribution is -0.660. The van der Waals surface area contributed by atoms with Crippen molar-refractivity contribution in [3.8, 4) is 11.3 Å². The zero-order chi connectivity index (χ0) is 15.3. The zero-order valence-electron chi connectivity index (χ0n) is 13.1. The second-order valence-electron chi connectivity index (χ2n) is 5.87. The molecular weight excluding hydrogens is 270 g/mol. The quantitative estimate of drug-likeness (QED) is 0.464. The Morgan fingerprint density at radius 2 is 1.68 bits per heavy atom. The SMILES string of the molecule is Cc1cc2c(oc3ccccc32)c(-c2cccc[n+]2C)c1C. The summed E-state index contributed by atoms with van der Waals surface area (Å²) < 4.78 is 8.36. The van der Waals surface area contributed by atoms with Gasteiger partial charge >= 0.3 is 0 Å². The van der Waals surface area contributed by atoms with Crippen LogP contribution in [0.2, 0.25) is 0 Å². The highest BCUT2D eigenvalue weighted by Crippen LogP contribution is 2.38. The van der Waals surface area contributed by atoms with Gasteiger partial charge in [0, 0.05) is 22.9 Å². The number of benzene rings is 2. The molecule has 108 valence electrons. The summed E-state index contributed by atoms with van der Waals surface area (Å²) in [5, 5.41) is 2.37. The molecule has 0 bridgehead atoms. The molecule has 2 aromatic carbocycles. The van der Waals surface area contributed by atoms with Crippen molar-refractivity contribution >= 4 is 21.9 Å². The highest BCUT2D eigenvalue weighted by atomic mass is 16.3. The minimum atomic E-state index is 0.947. The maximum absolute atomic E-state index is 6.22. The van der Waals surface area contributed by atoms with Crippen LogP contribution in [0.5, 0.6) is 0 Å². The van der Waals surface area contributed by atoms with Crippen molar-refractivity contribution in [3.63, 3.8) is 0 Å². The Morgan fingerprint density at radius 3 is 2.50 bits per heavy atom. The van der Waals surface area contributed by atoms with Crippen LogP contribution in [0.1, 0.15) is 11.1 Å². The van der Waals surface area contributed by atoms with E-state index >= 15 is 0 Å². The summed E-state index contributed by atoms with van der Waals surface area (Å²) in [6.07, 6.45) is 2.07.